The van der Waals surface area contributed by atoms with Crippen molar-refractivity contribution in [3.05, 3.63) is 28.8 Å². The molecule has 0 fully saturated rings. The standard InChI is InChI=1S/C11H15NO4S/c1-4-8-5-7(2)10(17(12,14)15)6-9(8)11(13)16-3/h5-6H,4H2,1-3H3,(H2,12,14,15). The van der Waals surface area contributed by atoms with Crippen LogP contribution >= 0.6 is 0 Å². The topological polar surface area (TPSA) is 86.5 Å². The number of primary sulfonamides is 1. The van der Waals surface area contributed by atoms with Gasteiger partial charge in [0.05, 0.1) is 17.6 Å². The van der Waals surface area contributed by atoms with Gasteiger partial charge in [0.15, 0.2) is 0 Å². The van der Waals surface area contributed by atoms with Crippen molar-refractivity contribution in [3.63, 3.8) is 0 Å². The Kier molecular flexibility index (Phi) is 3.90. The monoisotopic (exact) mass is 257 g/mol. The molecule has 0 aromatic heterocycles. The van der Waals surface area contributed by atoms with E-state index in [-0.39, 0.29) is 10.5 Å². The number of sulfonamides is 1. The molecule has 1 aromatic rings. The van der Waals surface area contributed by atoms with Crippen molar-refractivity contribution in [2.45, 2.75) is 25.2 Å². The Bertz CT molecular complexity index is 549. The molecule has 1 aromatic carbocycles. The summed E-state index contributed by atoms with van der Waals surface area (Å²) >= 11 is 0. The van der Waals surface area contributed by atoms with E-state index in [4.69, 9.17) is 5.14 Å². The predicted molar refractivity (Wildman–Crippen MR) is 63.3 cm³/mol. The second-order valence-corrected chi connectivity index (χ2v) is 5.19. The van der Waals surface area contributed by atoms with E-state index in [1.807, 2.05) is 6.92 Å². The number of nitrogens with two attached hydrogens (primary N) is 1. The van der Waals surface area contributed by atoms with Gasteiger partial charge in [0.2, 0.25) is 10.0 Å². The lowest BCUT2D eigenvalue weighted by atomic mass is 10.0. The highest BCUT2D eigenvalue weighted by atomic mass is 32.2. The van der Waals surface area contributed by atoms with E-state index in [0.29, 0.717) is 12.0 Å². The highest BCUT2D eigenvalue weighted by Crippen LogP contribution is 2.21. The Balaban J connectivity index is 3.54. The molecule has 1 rings (SSSR count). The van der Waals surface area contributed by atoms with E-state index in [0.717, 1.165) is 5.56 Å². The molecule has 0 atom stereocenters. The van der Waals surface area contributed by atoms with Crippen molar-refractivity contribution in [1.82, 2.24) is 0 Å². The molecule has 0 amide bonds. The minimum Gasteiger partial charge on any atom is -0.465 e. The molecule has 0 aliphatic rings. The average Bonchev–Trinajstić information content (AvgIpc) is 2.25. The third-order valence-electron chi connectivity index (χ3n) is 2.49. The quantitative estimate of drug-likeness (QED) is 0.818. The Morgan fingerprint density at radius 3 is 2.41 bits per heavy atom. The first-order valence-electron chi connectivity index (χ1n) is 5.06. The smallest absolute Gasteiger partial charge is 0.338 e. The van der Waals surface area contributed by atoms with Gasteiger partial charge in [-0.25, -0.2) is 18.4 Å². The van der Waals surface area contributed by atoms with Crippen LogP contribution < -0.4 is 5.14 Å². The number of aryl methyl sites for hydroxylation is 2. The van der Waals surface area contributed by atoms with Gasteiger partial charge in [-0.15, -0.1) is 0 Å². The second-order valence-electron chi connectivity index (χ2n) is 3.66. The van der Waals surface area contributed by atoms with Crippen LogP contribution in [0.2, 0.25) is 0 Å². The van der Waals surface area contributed by atoms with E-state index >= 15 is 0 Å². The molecule has 0 radical (unpaired) electrons. The SMILES string of the molecule is CCc1cc(C)c(S(N)(=O)=O)cc1C(=O)OC. The van der Waals surface area contributed by atoms with Gasteiger partial charge in [0.1, 0.15) is 0 Å². The highest BCUT2D eigenvalue weighted by molar-refractivity contribution is 7.89. The summed E-state index contributed by atoms with van der Waals surface area (Å²) in [5, 5.41) is 5.08. The number of hydrogen-bond donors (Lipinski definition) is 1. The van der Waals surface area contributed by atoms with Crippen molar-refractivity contribution in [2.24, 2.45) is 5.14 Å². The summed E-state index contributed by atoms with van der Waals surface area (Å²) in [6.07, 6.45) is 0.607. The van der Waals surface area contributed by atoms with Crippen molar-refractivity contribution in [1.29, 1.82) is 0 Å². The number of methoxy groups -OCH3 is 1. The fourth-order valence-corrected chi connectivity index (χ4v) is 2.44. The molecule has 0 aliphatic heterocycles. The zero-order chi connectivity index (χ0) is 13.2. The van der Waals surface area contributed by atoms with Crippen LogP contribution in [0.1, 0.15) is 28.4 Å². The molecule has 0 heterocycles. The van der Waals surface area contributed by atoms with Gasteiger partial charge in [-0.1, -0.05) is 13.0 Å². The summed E-state index contributed by atoms with van der Waals surface area (Å²) in [5.41, 5.74) is 1.50. The summed E-state index contributed by atoms with van der Waals surface area (Å²) in [6.45, 7) is 3.51. The maximum atomic E-state index is 11.5. The van der Waals surface area contributed by atoms with Crippen LogP contribution in [0, 0.1) is 6.92 Å². The van der Waals surface area contributed by atoms with Crippen LogP contribution in [0.3, 0.4) is 0 Å². The van der Waals surface area contributed by atoms with Gasteiger partial charge in [-0.3, -0.25) is 0 Å². The predicted octanol–water partition coefficient (Wildman–Crippen LogP) is 0.991. The van der Waals surface area contributed by atoms with Crippen molar-refractivity contribution < 1.29 is 17.9 Å². The number of carbonyl (C=O) groups is 1. The van der Waals surface area contributed by atoms with Gasteiger partial charge >= 0.3 is 5.97 Å². The molecule has 0 unspecified atom stereocenters. The molecule has 94 valence electrons. The van der Waals surface area contributed by atoms with Crippen LogP contribution in [0.5, 0.6) is 0 Å². The van der Waals surface area contributed by atoms with Crippen LogP contribution in [0.15, 0.2) is 17.0 Å². The fourth-order valence-electron chi connectivity index (χ4n) is 1.65. The molecule has 0 spiro atoms. The number of benzene rings is 1. The molecular formula is C11H15NO4S. The maximum absolute atomic E-state index is 11.5. The third-order valence-corrected chi connectivity index (χ3v) is 3.55. The Hall–Kier alpha value is -1.40. The second kappa shape index (κ2) is 4.85. The van der Waals surface area contributed by atoms with Gasteiger partial charge in [0.25, 0.3) is 0 Å². The maximum Gasteiger partial charge on any atom is 0.338 e. The molecule has 0 saturated carbocycles. The molecule has 17 heavy (non-hydrogen) atoms. The van der Waals surface area contributed by atoms with Crippen molar-refractivity contribution in [2.75, 3.05) is 7.11 Å². The lowest BCUT2D eigenvalue weighted by molar-refractivity contribution is 0.0599. The van der Waals surface area contributed by atoms with Gasteiger partial charge in [-0.05, 0) is 30.5 Å². The summed E-state index contributed by atoms with van der Waals surface area (Å²) in [6, 6.07) is 2.92. The van der Waals surface area contributed by atoms with Crippen LogP contribution in [0.25, 0.3) is 0 Å². The minimum atomic E-state index is -3.83. The first-order chi connectivity index (χ1) is 7.81. The zero-order valence-corrected chi connectivity index (χ0v) is 10.8. The summed E-state index contributed by atoms with van der Waals surface area (Å²) in [4.78, 5) is 11.5. The van der Waals surface area contributed by atoms with Gasteiger partial charge in [0, 0.05) is 0 Å². The molecule has 0 bridgehead atoms. The average molecular weight is 257 g/mol. The Morgan fingerprint density at radius 2 is 2.00 bits per heavy atom. The molecule has 5 nitrogen and oxygen atoms in total. The number of rotatable bonds is 3. The van der Waals surface area contributed by atoms with Gasteiger partial charge in [-0.2, -0.15) is 0 Å². The van der Waals surface area contributed by atoms with Crippen LogP contribution in [-0.2, 0) is 21.2 Å². The largest absolute Gasteiger partial charge is 0.465 e. The van der Waals surface area contributed by atoms with E-state index in [2.05, 4.69) is 4.74 Å². The van der Waals surface area contributed by atoms with Crippen LogP contribution in [-0.4, -0.2) is 21.5 Å². The number of esters is 1. The van der Waals surface area contributed by atoms with E-state index in [9.17, 15) is 13.2 Å². The minimum absolute atomic E-state index is 0.0462. The van der Waals surface area contributed by atoms with Crippen molar-refractivity contribution >= 4 is 16.0 Å². The van der Waals surface area contributed by atoms with Crippen molar-refractivity contribution in [3.8, 4) is 0 Å². The third kappa shape index (κ3) is 2.83. The summed E-state index contributed by atoms with van der Waals surface area (Å²) < 4.78 is 27.3. The summed E-state index contributed by atoms with van der Waals surface area (Å²) in [7, 11) is -2.58. The van der Waals surface area contributed by atoms with E-state index in [1.54, 1.807) is 13.0 Å². The summed E-state index contributed by atoms with van der Waals surface area (Å²) in [5.74, 6) is -0.563. The number of ether oxygens (including phenoxy) is 1. The lowest BCUT2D eigenvalue weighted by Gasteiger charge is -2.10. The first-order valence-corrected chi connectivity index (χ1v) is 6.60. The molecular weight excluding hydrogens is 242 g/mol. The number of carbonyl (C=O) groups excluding carboxylic acids is 1. The fraction of sp³-hybridized carbons (Fsp3) is 0.364. The number of hydrogen-bond acceptors (Lipinski definition) is 4. The molecule has 6 heteroatoms. The Labute approximate surface area is 101 Å². The van der Waals surface area contributed by atoms with E-state index < -0.39 is 16.0 Å². The lowest BCUT2D eigenvalue weighted by Crippen LogP contribution is -2.16. The van der Waals surface area contributed by atoms with Crippen LogP contribution in [0.4, 0.5) is 0 Å². The molecule has 2 N–H and O–H groups in total. The Morgan fingerprint density at radius 1 is 1.41 bits per heavy atom. The van der Waals surface area contributed by atoms with Gasteiger partial charge < -0.3 is 4.74 Å². The zero-order valence-electron chi connectivity index (χ0n) is 9.98. The molecule has 0 aliphatic carbocycles. The van der Waals surface area contributed by atoms with E-state index in [1.165, 1.54) is 13.2 Å². The first kappa shape index (κ1) is 13.7. The highest BCUT2D eigenvalue weighted by Gasteiger charge is 2.18. The molecule has 0 saturated heterocycles. The normalized spacial score (nSPS) is 11.3.